The Labute approximate surface area is 125 Å². The number of para-hydroxylation sites is 2. The van der Waals surface area contributed by atoms with E-state index in [0.717, 1.165) is 38.7 Å². The van der Waals surface area contributed by atoms with Gasteiger partial charge in [-0.05, 0) is 6.07 Å². The lowest BCUT2D eigenvalue weighted by molar-refractivity contribution is 0.670. The first-order chi connectivity index (χ1) is 10.9. The second-order valence-electron chi connectivity index (χ2n) is 5.28. The molecule has 22 heavy (non-hydrogen) atoms. The first-order valence-electron chi connectivity index (χ1n) is 7.08. The highest BCUT2D eigenvalue weighted by Gasteiger charge is 2.12. The molecule has 5 rings (SSSR count). The average Bonchev–Trinajstić information content (AvgIpc) is 3.18. The van der Waals surface area contributed by atoms with Crippen LogP contribution in [0, 0.1) is 0 Å². The largest absolute Gasteiger partial charge is 0.455 e. The Bertz CT molecular complexity index is 1140. The van der Waals surface area contributed by atoms with Crippen molar-refractivity contribution in [3.63, 3.8) is 0 Å². The molecule has 0 amide bonds. The molecule has 3 aromatic heterocycles. The van der Waals surface area contributed by atoms with Gasteiger partial charge in [0.15, 0.2) is 5.65 Å². The second kappa shape index (κ2) is 4.18. The highest BCUT2D eigenvalue weighted by molar-refractivity contribution is 6.09. The molecule has 0 aliphatic rings. The van der Waals surface area contributed by atoms with Gasteiger partial charge in [0.2, 0.25) is 0 Å². The number of furan rings is 1. The van der Waals surface area contributed by atoms with Gasteiger partial charge in [-0.2, -0.15) is 0 Å². The summed E-state index contributed by atoms with van der Waals surface area (Å²) >= 11 is 0. The third kappa shape index (κ3) is 1.52. The van der Waals surface area contributed by atoms with E-state index in [0.29, 0.717) is 0 Å². The number of rotatable bonds is 1. The zero-order valence-corrected chi connectivity index (χ0v) is 11.6. The van der Waals surface area contributed by atoms with Crippen molar-refractivity contribution in [2.45, 2.75) is 0 Å². The lowest BCUT2D eigenvalue weighted by Gasteiger charge is -2.03. The lowest BCUT2D eigenvalue weighted by atomic mass is 10.0. The summed E-state index contributed by atoms with van der Waals surface area (Å²) < 4.78 is 7.99. The Hall–Kier alpha value is -3.14. The molecule has 0 atom stereocenters. The van der Waals surface area contributed by atoms with E-state index in [1.54, 1.807) is 12.5 Å². The van der Waals surface area contributed by atoms with Crippen molar-refractivity contribution in [1.29, 1.82) is 0 Å². The Balaban J connectivity index is 1.86. The van der Waals surface area contributed by atoms with Crippen molar-refractivity contribution in [1.82, 2.24) is 14.4 Å². The van der Waals surface area contributed by atoms with Gasteiger partial charge in [-0.25, -0.2) is 9.97 Å². The third-order valence-corrected chi connectivity index (χ3v) is 3.97. The first kappa shape index (κ1) is 11.5. The highest BCUT2D eigenvalue weighted by Crippen LogP contribution is 2.35. The number of nitrogens with zero attached hydrogens (tertiary/aromatic N) is 3. The highest BCUT2D eigenvalue weighted by atomic mass is 16.3. The fourth-order valence-electron chi connectivity index (χ4n) is 2.93. The minimum absolute atomic E-state index is 0.834. The third-order valence-electron chi connectivity index (χ3n) is 3.97. The maximum absolute atomic E-state index is 6.08. The molecule has 5 aromatic rings. The van der Waals surface area contributed by atoms with Crippen molar-refractivity contribution in [3.05, 3.63) is 67.4 Å². The van der Waals surface area contributed by atoms with Crippen LogP contribution < -0.4 is 0 Å². The standard InChI is InChI=1S/C18H11N3O/c1-2-7-16-14(4-1)15-6-3-5-13(18(15)22-16)12-8-20-17-9-19-11-21(17)10-12/h1-11H. The molecule has 0 unspecified atom stereocenters. The van der Waals surface area contributed by atoms with Crippen molar-refractivity contribution in [3.8, 4) is 11.1 Å². The first-order valence-corrected chi connectivity index (χ1v) is 7.08. The molecule has 2 aromatic carbocycles. The van der Waals surface area contributed by atoms with E-state index in [1.807, 2.05) is 35.0 Å². The van der Waals surface area contributed by atoms with Crippen molar-refractivity contribution >= 4 is 27.6 Å². The number of hydrogen-bond donors (Lipinski definition) is 0. The monoisotopic (exact) mass is 285 g/mol. The van der Waals surface area contributed by atoms with E-state index in [2.05, 4.69) is 34.2 Å². The molecule has 0 aliphatic carbocycles. The van der Waals surface area contributed by atoms with Crippen LogP contribution >= 0.6 is 0 Å². The van der Waals surface area contributed by atoms with Crippen LogP contribution in [0.15, 0.2) is 71.8 Å². The van der Waals surface area contributed by atoms with Crippen LogP contribution in [-0.4, -0.2) is 14.4 Å². The summed E-state index contributed by atoms with van der Waals surface area (Å²) in [7, 11) is 0. The van der Waals surface area contributed by atoms with E-state index in [-0.39, 0.29) is 0 Å². The van der Waals surface area contributed by atoms with Gasteiger partial charge in [0.1, 0.15) is 17.5 Å². The molecular weight excluding hydrogens is 274 g/mol. The van der Waals surface area contributed by atoms with Crippen molar-refractivity contribution in [2.75, 3.05) is 0 Å². The molecule has 0 fully saturated rings. The fraction of sp³-hybridized carbons (Fsp3) is 0. The molecule has 4 nitrogen and oxygen atoms in total. The quantitative estimate of drug-likeness (QED) is 0.461. The van der Waals surface area contributed by atoms with Crippen LogP contribution in [0.5, 0.6) is 0 Å². The van der Waals surface area contributed by atoms with Crippen LogP contribution in [0.2, 0.25) is 0 Å². The fourth-order valence-corrected chi connectivity index (χ4v) is 2.93. The van der Waals surface area contributed by atoms with Gasteiger partial charge in [0.25, 0.3) is 0 Å². The van der Waals surface area contributed by atoms with E-state index in [1.165, 1.54) is 0 Å². The molecular formula is C18H11N3O. The summed E-state index contributed by atoms with van der Waals surface area (Å²) in [5.74, 6) is 0. The molecule has 0 spiro atoms. The van der Waals surface area contributed by atoms with Gasteiger partial charge in [0, 0.05) is 34.3 Å². The topological polar surface area (TPSA) is 43.3 Å². The smallest absolute Gasteiger partial charge is 0.156 e. The number of hydrogen-bond acceptors (Lipinski definition) is 3. The maximum Gasteiger partial charge on any atom is 0.156 e. The molecule has 0 bridgehead atoms. The van der Waals surface area contributed by atoms with Crippen LogP contribution in [-0.2, 0) is 0 Å². The summed E-state index contributed by atoms with van der Waals surface area (Å²) in [6.07, 6.45) is 7.38. The molecule has 0 radical (unpaired) electrons. The van der Waals surface area contributed by atoms with Crippen molar-refractivity contribution < 1.29 is 4.42 Å². The Morgan fingerprint density at radius 3 is 2.82 bits per heavy atom. The molecule has 3 heterocycles. The maximum atomic E-state index is 6.08. The van der Waals surface area contributed by atoms with Crippen LogP contribution in [0.1, 0.15) is 0 Å². The Morgan fingerprint density at radius 1 is 0.909 bits per heavy atom. The van der Waals surface area contributed by atoms with E-state index in [9.17, 15) is 0 Å². The zero-order chi connectivity index (χ0) is 14.5. The van der Waals surface area contributed by atoms with Crippen LogP contribution in [0.4, 0.5) is 0 Å². The normalized spacial score (nSPS) is 11.6. The number of aromatic nitrogens is 3. The molecule has 0 saturated heterocycles. The number of imidazole rings is 1. The van der Waals surface area contributed by atoms with Gasteiger partial charge >= 0.3 is 0 Å². The number of benzene rings is 2. The summed E-state index contributed by atoms with van der Waals surface area (Å²) in [4.78, 5) is 8.55. The summed E-state index contributed by atoms with van der Waals surface area (Å²) in [5.41, 5.74) is 4.68. The van der Waals surface area contributed by atoms with Gasteiger partial charge in [-0.3, -0.25) is 4.40 Å². The molecule has 0 saturated carbocycles. The second-order valence-corrected chi connectivity index (χ2v) is 5.28. The average molecular weight is 285 g/mol. The minimum atomic E-state index is 0.834. The molecule has 4 heteroatoms. The predicted molar refractivity (Wildman–Crippen MR) is 85.7 cm³/mol. The van der Waals surface area contributed by atoms with Crippen LogP contribution in [0.3, 0.4) is 0 Å². The van der Waals surface area contributed by atoms with Gasteiger partial charge in [-0.15, -0.1) is 0 Å². The van der Waals surface area contributed by atoms with Gasteiger partial charge in [0.05, 0.1) is 6.20 Å². The van der Waals surface area contributed by atoms with E-state index < -0.39 is 0 Å². The zero-order valence-electron chi connectivity index (χ0n) is 11.6. The van der Waals surface area contributed by atoms with Gasteiger partial charge in [-0.1, -0.05) is 36.4 Å². The van der Waals surface area contributed by atoms with Gasteiger partial charge < -0.3 is 4.42 Å². The van der Waals surface area contributed by atoms with E-state index >= 15 is 0 Å². The summed E-state index contributed by atoms with van der Waals surface area (Å²) in [5, 5.41) is 2.26. The van der Waals surface area contributed by atoms with Crippen LogP contribution in [0.25, 0.3) is 38.7 Å². The molecule has 0 N–H and O–H groups in total. The lowest BCUT2D eigenvalue weighted by Crippen LogP contribution is -1.88. The molecule has 0 aliphatic heterocycles. The summed E-state index contributed by atoms with van der Waals surface area (Å²) in [6.45, 7) is 0. The Kier molecular flexibility index (Phi) is 2.19. The van der Waals surface area contributed by atoms with E-state index in [4.69, 9.17) is 4.42 Å². The predicted octanol–water partition coefficient (Wildman–Crippen LogP) is 4.30. The SMILES string of the molecule is c1ccc2c(c1)oc1c(-c3cnc4cncn4c3)cccc12. The van der Waals surface area contributed by atoms with Crippen molar-refractivity contribution in [2.24, 2.45) is 0 Å². The minimum Gasteiger partial charge on any atom is -0.455 e. The summed E-state index contributed by atoms with van der Waals surface area (Å²) in [6, 6.07) is 14.3. The number of fused-ring (bicyclic) bond motifs is 4. The molecule has 104 valence electrons. The Morgan fingerprint density at radius 2 is 1.82 bits per heavy atom.